The normalized spacial score (nSPS) is 13.2. The zero-order valence-electron chi connectivity index (χ0n) is 16.9. The molecule has 1 aromatic heterocycles. The van der Waals surface area contributed by atoms with Crippen LogP contribution in [0.3, 0.4) is 0 Å². The van der Waals surface area contributed by atoms with Crippen LogP contribution in [0.15, 0.2) is 79.1 Å². The molecular weight excluding hydrogens is 388 g/mol. The van der Waals surface area contributed by atoms with Gasteiger partial charge in [-0.2, -0.15) is 5.10 Å². The lowest BCUT2D eigenvalue weighted by Gasteiger charge is -2.13. The van der Waals surface area contributed by atoms with Gasteiger partial charge >= 0.3 is 0 Å². The van der Waals surface area contributed by atoms with Crippen LogP contribution in [-0.2, 0) is 11.3 Å². The molecule has 1 aliphatic carbocycles. The first-order valence-electron chi connectivity index (χ1n) is 10.4. The van der Waals surface area contributed by atoms with E-state index in [1.54, 1.807) is 10.9 Å². The molecule has 0 saturated heterocycles. The monoisotopic (exact) mass is 410 g/mol. The van der Waals surface area contributed by atoms with Crippen molar-refractivity contribution in [2.75, 3.05) is 5.32 Å². The number of para-hydroxylation sites is 1. The number of carbonyl (C=O) groups excluding carboxylic acids is 2. The molecule has 2 amide bonds. The van der Waals surface area contributed by atoms with Crippen molar-refractivity contribution < 1.29 is 9.59 Å². The largest absolute Gasteiger partial charge is 0.348 e. The summed E-state index contributed by atoms with van der Waals surface area (Å²) in [5.74, 6) is -0.191. The molecule has 0 radical (unpaired) electrons. The number of rotatable bonds is 6. The highest BCUT2D eigenvalue weighted by atomic mass is 16.2. The lowest BCUT2D eigenvalue weighted by Crippen LogP contribution is -2.25. The molecule has 3 aromatic carbocycles. The summed E-state index contributed by atoms with van der Waals surface area (Å²) in [4.78, 5) is 25.4. The molecule has 154 valence electrons. The van der Waals surface area contributed by atoms with Crippen LogP contribution in [0, 0.1) is 5.92 Å². The van der Waals surface area contributed by atoms with Gasteiger partial charge in [-0.3, -0.25) is 9.59 Å². The minimum atomic E-state index is -0.232. The number of amides is 2. The van der Waals surface area contributed by atoms with Gasteiger partial charge in [0, 0.05) is 24.2 Å². The minimum absolute atomic E-state index is 0.0199. The Morgan fingerprint density at radius 1 is 0.968 bits per heavy atom. The maximum atomic E-state index is 13.0. The number of carbonyl (C=O) groups is 2. The predicted octanol–water partition coefficient (Wildman–Crippen LogP) is 4.30. The quantitative estimate of drug-likeness (QED) is 0.497. The predicted molar refractivity (Wildman–Crippen MR) is 120 cm³/mol. The van der Waals surface area contributed by atoms with E-state index in [1.807, 2.05) is 72.9 Å². The van der Waals surface area contributed by atoms with Crippen molar-refractivity contribution in [3.8, 4) is 5.69 Å². The van der Waals surface area contributed by atoms with Gasteiger partial charge < -0.3 is 10.6 Å². The molecule has 0 spiro atoms. The highest BCUT2D eigenvalue weighted by molar-refractivity contribution is 6.08. The van der Waals surface area contributed by atoms with E-state index in [1.165, 1.54) is 0 Å². The summed E-state index contributed by atoms with van der Waals surface area (Å²) in [5, 5.41) is 12.2. The molecule has 1 heterocycles. The summed E-state index contributed by atoms with van der Waals surface area (Å²) in [7, 11) is 0. The number of benzene rings is 3. The summed E-state index contributed by atoms with van der Waals surface area (Å²) in [6.07, 6.45) is 5.45. The van der Waals surface area contributed by atoms with Crippen molar-refractivity contribution >= 4 is 28.3 Å². The molecule has 1 fully saturated rings. The SMILES string of the molecule is O=C(NCc1cnn(-c2ccccc2)c1)c1cc2ccccc2cc1NC(=O)C1CC1. The lowest BCUT2D eigenvalue weighted by atomic mass is 10.0. The molecule has 5 rings (SSSR count). The standard InChI is InChI=1S/C25H22N4O2/c30-24(18-10-11-18)28-23-13-20-7-5-4-6-19(20)12-22(23)25(31)26-14-17-15-27-29(16-17)21-8-2-1-3-9-21/h1-9,12-13,15-16,18H,10-11,14H2,(H,26,31)(H,28,30). The van der Waals surface area contributed by atoms with E-state index in [4.69, 9.17) is 0 Å². The molecule has 6 nitrogen and oxygen atoms in total. The van der Waals surface area contributed by atoms with Gasteiger partial charge in [0.25, 0.3) is 5.91 Å². The fraction of sp³-hybridized carbons (Fsp3) is 0.160. The molecule has 2 N–H and O–H groups in total. The number of anilines is 1. The van der Waals surface area contributed by atoms with Crippen LogP contribution in [0.1, 0.15) is 28.8 Å². The van der Waals surface area contributed by atoms with E-state index in [0.29, 0.717) is 17.8 Å². The van der Waals surface area contributed by atoms with E-state index >= 15 is 0 Å². The second-order valence-corrected chi connectivity index (χ2v) is 7.82. The molecule has 1 saturated carbocycles. The maximum Gasteiger partial charge on any atom is 0.253 e. The van der Waals surface area contributed by atoms with Gasteiger partial charge in [-0.15, -0.1) is 0 Å². The molecular formula is C25H22N4O2. The third-order valence-corrected chi connectivity index (χ3v) is 5.45. The Morgan fingerprint density at radius 2 is 1.68 bits per heavy atom. The Balaban J connectivity index is 1.36. The van der Waals surface area contributed by atoms with Gasteiger partial charge in [0.05, 0.1) is 23.1 Å². The van der Waals surface area contributed by atoms with Crippen LogP contribution >= 0.6 is 0 Å². The summed E-state index contributed by atoms with van der Waals surface area (Å²) < 4.78 is 1.78. The zero-order valence-corrected chi connectivity index (χ0v) is 16.9. The Hall–Kier alpha value is -3.93. The molecule has 0 atom stereocenters. The number of nitrogens with one attached hydrogen (secondary N) is 2. The topological polar surface area (TPSA) is 76.0 Å². The van der Waals surface area contributed by atoms with Crippen LogP contribution in [-0.4, -0.2) is 21.6 Å². The lowest BCUT2D eigenvalue weighted by molar-refractivity contribution is -0.117. The second-order valence-electron chi connectivity index (χ2n) is 7.82. The second kappa shape index (κ2) is 8.07. The number of aromatic nitrogens is 2. The summed E-state index contributed by atoms with van der Waals surface area (Å²) in [6, 6.07) is 21.3. The molecule has 6 heteroatoms. The van der Waals surface area contributed by atoms with Gasteiger partial charge in [0.2, 0.25) is 5.91 Å². The van der Waals surface area contributed by atoms with Crippen LogP contribution < -0.4 is 10.6 Å². The van der Waals surface area contributed by atoms with E-state index < -0.39 is 0 Å². The number of nitrogens with zero attached hydrogens (tertiary/aromatic N) is 2. The highest BCUT2D eigenvalue weighted by Crippen LogP contribution is 2.32. The van der Waals surface area contributed by atoms with E-state index in [0.717, 1.165) is 34.9 Å². The third kappa shape index (κ3) is 4.19. The van der Waals surface area contributed by atoms with Gasteiger partial charge in [0.1, 0.15) is 0 Å². The highest BCUT2D eigenvalue weighted by Gasteiger charge is 2.30. The first-order valence-corrected chi connectivity index (χ1v) is 10.4. The molecule has 0 unspecified atom stereocenters. The van der Waals surface area contributed by atoms with E-state index in [2.05, 4.69) is 15.7 Å². The number of hydrogen-bond donors (Lipinski definition) is 2. The average Bonchev–Trinajstić information content (AvgIpc) is 3.55. The average molecular weight is 410 g/mol. The van der Waals surface area contributed by atoms with Gasteiger partial charge in [-0.25, -0.2) is 4.68 Å². The van der Waals surface area contributed by atoms with Crippen molar-refractivity contribution in [1.82, 2.24) is 15.1 Å². The number of hydrogen-bond acceptors (Lipinski definition) is 3. The van der Waals surface area contributed by atoms with Crippen molar-refractivity contribution in [2.24, 2.45) is 5.92 Å². The summed E-state index contributed by atoms with van der Waals surface area (Å²) in [5.41, 5.74) is 2.86. The molecule has 1 aliphatic rings. The van der Waals surface area contributed by atoms with E-state index in [9.17, 15) is 9.59 Å². The molecule has 4 aromatic rings. The minimum Gasteiger partial charge on any atom is -0.348 e. The molecule has 0 aliphatic heterocycles. The van der Waals surface area contributed by atoms with Crippen LogP contribution in [0.5, 0.6) is 0 Å². The van der Waals surface area contributed by atoms with Gasteiger partial charge in [0.15, 0.2) is 0 Å². The Labute approximate surface area is 179 Å². The van der Waals surface area contributed by atoms with Gasteiger partial charge in [-0.1, -0.05) is 42.5 Å². The van der Waals surface area contributed by atoms with Crippen molar-refractivity contribution in [2.45, 2.75) is 19.4 Å². The molecule has 0 bridgehead atoms. The maximum absolute atomic E-state index is 13.0. The van der Waals surface area contributed by atoms with Crippen molar-refractivity contribution in [3.63, 3.8) is 0 Å². The Kier molecular flexibility index (Phi) is 4.96. The third-order valence-electron chi connectivity index (χ3n) is 5.45. The smallest absolute Gasteiger partial charge is 0.253 e. The Bertz CT molecular complexity index is 1260. The van der Waals surface area contributed by atoms with Crippen LogP contribution in [0.2, 0.25) is 0 Å². The van der Waals surface area contributed by atoms with Crippen molar-refractivity contribution in [1.29, 1.82) is 0 Å². The van der Waals surface area contributed by atoms with E-state index in [-0.39, 0.29) is 17.7 Å². The fourth-order valence-electron chi connectivity index (χ4n) is 3.56. The summed E-state index contributed by atoms with van der Waals surface area (Å²) in [6.45, 7) is 0.342. The first-order chi connectivity index (χ1) is 15.2. The number of fused-ring (bicyclic) bond motifs is 1. The van der Waals surface area contributed by atoms with Crippen LogP contribution in [0.25, 0.3) is 16.5 Å². The molecule has 31 heavy (non-hydrogen) atoms. The van der Waals surface area contributed by atoms with Crippen LogP contribution in [0.4, 0.5) is 5.69 Å². The first kappa shape index (κ1) is 19.1. The Morgan fingerprint density at radius 3 is 2.42 bits per heavy atom. The van der Waals surface area contributed by atoms with Crippen molar-refractivity contribution in [3.05, 3.63) is 90.3 Å². The zero-order chi connectivity index (χ0) is 21.2. The summed E-state index contributed by atoms with van der Waals surface area (Å²) >= 11 is 0. The fourth-order valence-corrected chi connectivity index (χ4v) is 3.56. The van der Waals surface area contributed by atoms with Gasteiger partial charge in [-0.05, 0) is 47.9 Å².